The Morgan fingerprint density at radius 1 is 1.50 bits per heavy atom. The van der Waals surface area contributed by atoms with Crippen LogP contribution in [0.1, 0.15) is 20.3 Å². The van der Waals surface area contributed by atoms with Gasteiger partial charge in [-0.05, 0) is 31.1 Å². The summed E-state index contributed by atoms with van der Waals surface area (Å²) in [5.74, 6) is 0. The van der Waals surface area contributed by atoms with Crippen LogP contribution in [0.4, 0.5) is 0 Å². The van der Waals surface area contributed by atoms with Crippen LogP contribution in [0.15, 0.2) is 54.3 Å². The van der Waals surface area contributed by atoms with Gasteiger partial charge in [0.05, 0.1) is 0 Å². The van der Waals surface area contributed by atoms with Crippen LogP contribution >= 0.6 is 0 Å². The highest BCUT2D eigenvalue weighted by Crippen LogP contribution is 1.98. The molecule has 0 aliphatic carbocycles. The predicted octanol–water partition coefficient (Wildman–Crippen LogP) is 3.80. The normalized spacial score (nSPS) is 11.0. The average Bonchev–Trinajstić information content (AvgIpc) is 2.06. The number of hydrogen-bond acceptors (Lipinski definition) is 0. The lowest BCUT2D eigenvalue weighted by atomic mass is 10.2. The summed E-state index contributed by atoms with van der Waals surface area (Å²) in [5.41, 5.74) is 4.21. The first kappa shape index (κ1) is 10.7. The first-order valence-electron chi connectivity index (χ1n) is 4.21. The van der Waals surface area contributed by atoms with Crippen molar-refractivity contribution in [3.8, 4) is 0 Å². The lowest BCUT2D eigenvalue weighted by molar-refractivity contribution is 1.23. The molecule has 0 aromatic carbocycles. The topological polar surface area (TPSA) is 0 Å². The van der Waals surface area contributed by atoms with Gasteiger partial charge in [0.25, 0.3) is 0 Å². The highest BCUT2D eigenvalue weighted by molar-refractivity contribution is 5.32. The summed E-state index contributed by atoms with van der Waals surface area (Å²) in [6, 6.07) is 0. The Balaban J connectivity index is 4.43. The van der Waals surface area contributed by atoms with Crippen molar-refractivity contribution in [2.24, 2.45) is 0 Å². The minimum absolute atomic E-state index is 1.02. The highest BCUT2D eigenvalue weighted by atomic mass is 13.8. The van der Waals surface area contributed by atoms with Crippen molar-refractivity contribution < 1.29 is 0 Å². The van der Waals surface area contributed by atoms with Gasteiger partial charge in [-0.1, -0.05) is 37.8 Å². The van der Waals surface area contributed by atoms with Crippen molar-refractivity contribution in [2.75, 3.05) is 0 Å². The van der Waals surface area contributed by atoms with E-state index in [0.29, 0.717) is 0 Å². The number of rotatable bonds is 4. The minimum atomic E-state index is 1.02. The molecular weight excluding hydrogens is 144 g/mol. The molecule has 0 bridgehead atoms. The number of allylic oxidation sites excluding steroid dienone is 6. The molecule has 0 aliphatic heterocycles. The van der Waals surface area contributed by atoms with Crippen LogP contribution in [0.3, 0.4) is 0 Å². The van der Waals surface area contributed by atoms with Crippen molar-refractivity contribution in [3.05, 3.63) is 54.3 Å². The molecule has 64 valence electrons. The number of hydrogen-bond donors (Lipinski definition) is 0. The van der Waals surface area contributed by atoms with E-state index in [1.165, 1.54) is 0 Å². The molecule has 12 heavy (non-hydrogen) atoms. The van der Waals surface area contributed by atoms with E-state index >= 15 is 0 Å². The highest BCUT2D eigenvalue weighted by Gasteiger charge is 1.78. The summed E-state index contributed by atoms with van der Waals surface area (Å²) in [4.78, 5) is 0. The van der Waals surface area contributed by atoms with Gasteiger partial charge in [-0.15, -0.1) is 5.73 Å². The Bertz CT molecular complexity index is 233. The summed E-state index contributed by atoms with van der Waals surface area (Å²) < 4.78 is 0. The zero-order valence-corrected chi connectivity index (χ0v) is 7.88. The fourth-order valence-electron chi connectivity index (χ4n) is 0.753. The van der Waals surface area contributed by atoms with E-state index in [9.17, 15) is 0 Å². The van der Waals surface area contributed by atoms with Gasteiger partial charge in [-0.25, -0.2) is 0 Å². The summed E-state index contributed by atoms with van der Waals surface area (Å²) >= 11 is 0. The van der Waals surface area contributed by atoms with Crippen molar-refractivity contribution in [2.45, 2.75) is 20.3 Å². The van der Waals surface area contributed by atoms with Crippen LogP contribution in [-0.4, -0.2) is 0 Å². The van der Waals surface area contributed by atoms with E-state index in [4.69, 9.17) is 0 Å². The largest absolute Gasteiger partial charge is 0.125 e. The van der Waals surface area contributed by atoms with Gasteiger partial charge in [0.15, 0.2) is 0 Å². The van der Waals surface area contributed by atoms with Crippen LogP contribution in [0.5, 0.6) is 0 Å². The maximum absolute atomic E-state index is 3.64. The quantitative estimate of drug-likeness (QED) is 0.433. The molecule has 0 aliphatic rings. The van der Waals surface area contributed by atoms with Gasteiger partial charge in [0, 0.05) is 0 Å². The van der Waals surface area contributed by atoms with Crippen molar-refractivity contribution in [1.82, 2.24) is 0 Å². The van der Waals surface area contributed by atoms with Crippen LogP contribution in [0, 0.1) is 0 Å². The molecule has 0 N–H and O–H groups in total. The van der Waals surface area contributed by atoms with Crippen LogP contribution in [-0.2, 0) is 0 Å². The molecule has 0 aromatic heterocycles. The Kier molecular flexibility index (Phi) is 7.02. The second-order valence-electron chi connectivity index (χ2n) is 2.33. The van der Waals surface area contributed by atoms with Gasteiger partial charge < -0.3 is 0 Å². The van der Waals surface area contributed by atoms with Crippen molar-refractivity contribution >= 4 is 0 Å². The molecule has 0 fully saturated rings. The van der Waals surface area contributed by atoms with Gasteiger partial charge in [0.2, 0.25) is 0 Å². The summed E-state index contributed by atoms with van der Waals surface area (Å²) in [5, 5.41) is 0. The van der Waals surface area contributed by atoms with Crippen LogP contribution in [0.2, 0.25) is 0 Å². The molecule has 0 rings (SSSR count). The zero-order valence-electron chi connectivity index (χ0n) is 7.88. The first-order valence-corrected chi connectivity index (χ1v) is 4.21. The summed E-state index contributed by atoms with van der Waals surface area (Å²) in [6.07, 6.45) is 12.7. The van der Waals surface area contributed by atoms with E-state index in [1.807, 2.05) is 37.3 Å². The van der Waals surface area contributed by atoms with Gasteiger partial charge in [0.1, 0.15) is 0 Å². The Hall–Kier alpha value is -1.26. The first-order chi connectivity index (χ1) is 5.85. The third-order valence-electron chi connectivity index (χ3n) is 1.24. The molecule has 0 aromatic rings. The molecule has 0 amide bonds. The molecule has 0 radical (unpaired) electrons. The Morgan fingerprint density at radius 2 is 2.25 bits per heavy atom. The maximum atomic E-state index is 3.64. The zero-order chi connectivity index (χ0) is 9.23. The fourth-order valence-corrected chi connectivity index (χ4v) is 0.753. The smallest absolute Gasteiger partial charge is 0.0131 e. The second-order valence-corrected chi connectivity index (χ2v) is 2.33. The molecular formula is C12H16. The van der Waals surface area contributed by atoms with Crippen molar-refractivity contribution in [1.29, 1.82) is 0 Å². The lowest BCUT2D eigenvalue weighted by Gasteiger charge is -1.86. The molecule has 0 heteroatoms. The fraction of sp³-hybridized carbons (Fsp3) is 0.250. The molecule has 0 saturated carbocycles. The van der Waals surface area contributed by atoms with Crippen LogP contribution in [0.25, 0.3) is 0 Å². The maximum Gasteiger partial charge on any atom is -0.0131 e. The van der Waals surface area contributed by atoms with E-state index in [0.717, 1.165) is 12.0 Å². The van der Waals surface area contributed by atoms with Gasteiger partial charge >= 0.3 is 0 Å². The molecule has 0 saturated heterocycles. The van der Waals surface area contributed by atoms with E-state index < -0.39 is 0 Å². The van der Waals surface area contributed by atoms with E-state index in [-0.39, 0.29) is 0 Å². The second kappa shape index (κ2) is 7.84. The molecule has 0 unspecified atom stereocenters. The molecule has 0 nitrogen and oxygen atoms in total. The monoisotopic (exact) mass is 160 g/mol. The summed E-state index contributed by atoms with van der Waals surface area (Å²) in [6.45, 7) is 7.73. The van der Waals surface area contributed by atoms with Gasteiger partial charge in [-0.3, -0.25) is 0 Å². The average molecular weight is 160 g/mol. The summed E-state index contributed by atoms with van der Waals surface area (Å²) in [7, 11) is 0. The third kappa shape index (κ3) is 5.52. The standard InChI is InChI=1S/C12H16/c1-4-7-8-11-12(9-5-2)10-6-3/h5-7,9-11H,2,4H2,1,3H3. The van der Waals surface area contributed by atoms with Crippen molar-refractivity contribution in [3.63, 3.8) is 0 Å². The Labute approximate surface area is 75.3 Å². The SMILES string of the molecule is C=CC=C(C=C=CCC)C=CC. The third-order valence-corrected chi connectivity index (χ3v) is 1.24. The minimum Gasteiger partial charge on any atom is -0.125 e. The molecule has 0 heterocycles. The van der Waals surface area contributed by atoms with E-state index in [2.05, 4.69) is 19.2 Å². The van der Waals surface area contributed by atoms with E-state index in [1.54, 1.807) is 6.08 Å². The van der Waals surface area contributed by atoms with Crippen LogP contribution < -0.4 is 0 Å². The molecule has 0 atom stereocenters. The van der Waals surface area contributed by atoms with Gasteiger partial charge in [-0.2, -0.15) is 0 Å². The lowest BCUT2D eigenvalue weighted by Crippen LogP contribution is -1.66. The Morgan fingerprint density at radius 3 is 2.75 bits per heavy atom. The predicted molar refractivity (Wildman–Crippen MR) is 56.0 cm³/mol. The molecule has 0 spiro atoms.